The topological polar surface area (TPSA) is 20.2 Å². The van der Waals surface area contributed by atoms with Gasteiger partial charge >= 0.3 is 0 Å². The molecule has 0 rings (SSSR count). The van der Waals surface area contributed by atoms with Gasteiger partial charge in [-0.25, -0.2) is 0 Å². The number of aliphatic hydroxyl groups is 1. The Hall–Kier alpha value is 1.24. The summed E-state index contributed by atoms with van der Waals surface area (Å²) >= 11 is 17.0. The zero-order valence-corrected chi connectivity index (χ0v) is 22.7. The largest absolute Gasteiger partial charge is 0.397 e. The van der Waals surface area contributed by atoms with Crippen molar-refractivity contribution in [3.63, 3.8) is 0 Å². The maximum Gasteiger partial charge on any atom is 0.0402 e. The number of alkyl halides is 2. The van der Waals surface area contributed by atoms with Gasteiger partial charge in [0.15, 0.2) is 0 Å². The fraction of sp³-hybridized carbons (Fsp3) is 1.00. The molecule has 1 nitrogen and oxygen atoms in total. The Morgan fingerprint density at radius 1 is 0.607 bits per heavy atom. The van der Waals surface area contributed by atoms with Crippen LogP contribution in [0.5, 0.6) is 0 Å². The molecule has 0 heterocycles. The lowest BCUT2D eigenvalue weighted by Gasteiger charge is -2.00. The van der Waals surface area contributed by atoms with Gasteiger partial charge in [0.25, 0.3) is 0 Å². The van der Waals surface area contributed by atoms with Gasteiger partial charge in [-0.15, -0.1) is 23.2 Å². The summed E-state index contributed by atoms with van der Waals surface area (Å²) in [5, 5.41) is 7.57. The van der Waals surface area contributed by atoms with Crippen molar-refractivity contribution >= 4 is 47.6 Å². The average molecular weight is 480 g/mol. The summed E-state index contributed by atoms with van der Waals surface area (Å²) in [5.41, 5.74) is 0. The molecule has 0 amide bonds. The van der Waals surface area contributed by atoms with Crippen LogP contribution in [-0.2, 0) is 0 Å². The first-order valence-corrected chi connectivity index (χ1v) is 14.4. The van der Waals surface area contributed by atoms with Crippen LogP contribution in [0.3, 0.4) is 0 Å². The Balaban J connectivity index is -0.000000155. The van der Waals surface area contributed by atoms with Crippen LogP contribution in [0.1, 0.15) is 111 Å². The molecule has 0 spiro atoms. The first-order valence-electron chi connectivity index (χ1n) is 11.6. The number of aliphatic hydroxyl groups excluding tert-OH is 1. The molecular weight excluding hydrogens is 427 g/mol. The highest BCUT2D eigenvalue weighted by molar-refractivity contribution is 7.99. The van der Waals surface area contributed by atoms with E-state index >= 15 is 0 Å². The Morgan fingerprint density at radius 3 is 1.36 bits per heavy atom. The highest BCUT2D eigenvalue weighted by atomic mass is 35.5. The molecule has 0 aromatic rings. The van der Waals surface area contributed by atoms with E-state index < -0.39 is 0 Å². The van der Waals surface area contributed by atoms with Crippen LogP contribution in [-0.4, -0.2) is 40.7 Å². The van der Waals surface area contributed by atoms with Crippen LogP contribution < -0.4 is 0 Å². The highest BCUT2D eigenvalue weighted by Gasteiger charge is 1.90. The maximum absolute atomic E-state index is 7.57. The van der Waals surface area contributed by atoms with Crippen molar-refractivity contribution in [1.82, 2.24) is 0 Å². The monoisotopic (exact) mass is 478 g/mol. The summed E-state index contributed by atoms with van der Waals surface area (Å²) in [6.45, 7) is 8.63. The summed E-state index contributed by atoms with van der Waals surface area (Å²) in [7, 11) is 0. The number of thiol groups is 1. The van der Waals surface area contributed by atoms with Crippen molar-refractivity contribution in [3.8, 4) is 0 Å². The third-order valence-electron chi connectivity index (χ3n) is 3.56. The lowest BCUT2D eigenvalue weighted by Crippen LogP contribution is -1.84. The first kappa shape index (κ1) is 36.6. The summed E-state index contributed by atoms with van der Waals surface area (Å²) in [4.78, 5) is 0. The second kappa shape index (κ2) is 46.4. The van der Waals surface area contributed by atoms with Gasteiger partial charge in [0.2, 0.25) is 0 Å². The van der Waals surface area contributed by atoms with E-state index in [2.05, 4.69) is 45.2 Å². The molecule has 0 atom stereocenters. The molecule has 0 saturated carbocycles. The maximum atomic E-state index is 7.57. The van der Waals surface area contributed by atoms with E-state index in [1.807, 2.05) is 0 Å². The molecule has 0 aromatic carbocycles. The van der Waals surface area contributed by atoms with Gasteiger partial charge in [0.05, 0.1) is 0 Å². The van der Waals surface area contributed by atoms with Crippen LogP contribution in [0.2, 0.25) is 0 Å². The van der Waals surface area contributed by atoms with Crippen LogP contribution in [0.15, 0.2) is 0 Å². The van der Waals surface area contributed by atoms with Gasteiger partial charge in [-0.3, -0.25) is 0 Å². The summed E-state index contributed by atoms with van der Waals surface area (Å²) in [6.07, 6.45) is 17.1. The van der Waals surface area contributed by atoms with E-state index in [-0.39, 0.29) is 6.61 Å². The minimum atomic E-state index is 0.250. The van der Waals surface area contributed by atoms with Crippen molar-refractivity contribution in [2.24, 2.45) is 0 Å². The standard InChI is InChI=1S/C11H24S.C6H12Cl2.C4H10S.C2H6O/c1-3-5-7-8-9-11-12-10-6-4-2;7-5-3-1-2-4-6-8;1-2-3-4-5;1-2-3/h3-11H2,1-2H3;1-6H2;5H,2-4H2,1H3;3H,2H2,1H3. The number of halogens is 2. The third-order valence-corrected chi connectivity index (χ3v) is 5.57. The van der Waals surface area contributed by atoms with E-state index in [4.69, 9.17) is 28.3 Å². The third kappa shape index (κ3) is 63.1. The molecular formula is C23H52Cl2OS2. The smallest absolute Gasteiger partial charge is 0.0402 e. The molecule has 0 aliphatic carbocycles. The Labute approximate surface area is 198 Å². The van der Waals surface area contributed by atoms with Gasteiger partial charge in [0, 0.05) is 18.4 Å². The Bertz CT molecular complexity index is 181. The lowest BCUT2D eigenvalue weighted by atomic mass is 10.2. The van der Waals surface area contributed by atoms with E-state index in [1.54, 1.807) is 6.92 Å². The molecule has 0 radical (unpaired) electrons. The van der Waals surface area contributed by atoms with Crippen molar-refractivity contribution in [1.29, 1.82) is 0 Å². The number of hydrogen-bond donors (Lipinski definition) is 2. The number of hydrogen-bond acceptors (Lipinski definition) is 3. The molecule has 0 aromatic heterocycles. The fourth-order valence-electron chi connectivity index (χ4n) is 1.86. The van der Waals surface area contributed by atoms with E-state index in [9.17, 15) is 0 Å². The molecule has 176 valence electrons. The molecule has 28 heavy (non-hydrogen) atoms. The average Bonchev–Trinajstić information content (AvgIpc) is 2.70. The normalized spacial score (nSPS) is 9.43. The zero-order valence-electron chi connectivity index (χ0n) is 19.5. The number of rotatable bonds is 16. The SMILES string of the molecule is CCCCCCCSCCCC.CCCCS.CCO.ClCCCCCCCl. The van der Waals surface area contributed by atoms with Gasteiger partial charge in [-0.1, -0.05) is 72.1 Å². The summed E-state index contributed by atoms with van der Waals surface area (Å²) in [6, 6.07) is 0. The predicted molar refractivity (Wildman–Crippen MR) is 142 cm³/mol. The highest BCUT2D eigenvalue weighted by Crippen LogP contribution is 2.10. The second-order valence-corrected chi connectivity index (χ2v) is 8.99. The minimum absolute atomic E-state index is 0.250. The predicted octanol–water partition coefficient (Wildman–Crippen LogP) is 9.23. The van der Waals surface area contributed by atoms with Crippen LogP contribution >= 0.6 is 47.6 Å². The molecule has 1 N–H and O–H groups in total. The fourth-order valence-corrected chi connectivity index (χ4v) is 3.66. The van der Waals surface area contributed by atoms with E-state index in [0.29, 0.717) is 0 Å². The second-order valence-electron chi connectivity index (χ2n) is 6.57. The van der Waals surface area contributed by atoms with Crippen LogP contribution in [0.25, 0.3) is 0 Å². The molecule has 0 aliphatic rings. The van der Waals surface area contributed by atoms with E-state index in [1.165, 1.54) is 82.1 Å². The summed E-state index contributed by atoms with van der Waals surface area (Å²) in [5.74, 6) is 5.40. The quantitative estimate of drug-likeness (QED) is 0.131. The van der Waals surface area contributed by atoms with Gasteiger partial charge in [-0.05, 0) is 56.3 Å². The van der Waals surface area contributed by atoms with Crippen molar-refractivity contribution in [2.75, 3.05) is 35.6 Å². The first-order chi connectivity index (χ1) is 13.7. The Kier molecular flexibility index (Phi) is 60.7. The zero-order chi connectivity index (χ0) is 22.1. The van der Waals surface area contributed by atoms with Crippen molar-refractivity contribution in [3.05, 3.63) is 0 Å². The molecule has 5 heteroatoms. The number of thioether (sulfide) groups is 1. The van der Waals surface area contributed by atoms with Gasteiger partial charge < -0.3 is 5.11 Å². The van der Waals surface area contributed by atoms with Crippen molar-refractivity contribution in [2.45, 2.75) is 111 Å². The summed E-state index contributed by atoms with van der Waals surface area (Å²) < 4.78 is 0. The molecule has 0 saturated heterocycles. The molecule has 0 unspecified atom stereocenters. The van der Waals surface area contributed by atoms with Crippen LogP contribution in [0, 0.1) is 0 Å². The van der Waals surface area contributed by atoms with Crippen molar-refractivity contribution < 1.29 is 5.11 Å². The number of unbranched alkanes of at least 4 members (excludes halogenated alkanes) is 9. The van der Waals surface area contributed by atoms with E-state index in [0.717, 1.165) is 30.4 Å². The Morgan fingerprint density at radius 2 is 1.00 bits per heavy atom. The molecule has 0 fully saturated rings. The lowest BCUT2D eigenvalue weighted by molar-refractivity contribution is 0.318. The van der Waals surface area contributed by atoms with Crippen LogP contribution in [0.4, 0.5) is 0 Å². The van der Waals surface area contributed by atoms with Gasteiger partial charge in [0.1, 0.15) is 0 Å². The van der Waals surface area contributed by atoms with Gasteiger partial charge in [-0.2, -0.15) is 24.4 Å². The molecule has 0 bridgehead atoms. The minimum Gasteiger partial charge on any atom is -0.397 e. The molecule has 0 aliphatic heterocycles.